The maximum Gasteiger partial charge on any atom is 0.0518 e. The summed E-state index contributed by atoms with van der Waals surface area (Å²) < 4.78 is 7.07. The van der Waals surface area contributed by atoms with E-state index in [1.54, 1.807) is 7.11 Å². The molecule has 0 atom stereocenters. The van der Waals surface area contributed by atoms with Crippen molar-refractivity contribution in [2.24, 2.45) is 12.5 Å². The zero-order chi connectivity index (χ0) is 11.4. The van der Waals surface area contributed by atoms with Gasteiger partial charge in [0.25, 0.3) is 0 Å². The minimum absolute atomic E-state index is 0.522. The molecule has 1 aliphatic rings. The summed E-state index contributed by atoms with van der Waals surface area (Å²) in [6, 6.07) is 2.06. The molecule has 0 amide bonds. The molecule has 4 nitrogen and oxygen atoms in total. The molecule has 1 aromatic rings. The molecule has 2 rings (SSSR count). The number of ether oxygens (including phenoxy) is 1. The van der Waals surface area contributed by atoms with E-state index in [4.69, 9.17) is 4.74 Å². The second kappa shape index (κ2) is 4.97. The Hall–Kier alpha value is -0.870. The van der Waals surface area contributed by atoms with Crippen LogP contribution in [0.3, 0.4) is 0 Å². The number of nitrogens with zero attached hydrogens (tertiary/aromatic N) is 2. The summed E-state index contributed by atoms with van der Waals surface area (Å²) in [5, 5.41) is 7.68. The highest BCUT2D eigenvalue weighted by molar-refractivity contribution is 5.00. The predicted octanol–water partition coefficient (Wildman–Crippen LogP) is 1.33. The van der Waals surface area contributed by atoms with Crippen molar-refractivity contribution in [3.63, 3.8) is 0 Å². The fourth-order valence-electron chi connectivity index (χ4n) is 2.04. The molecule has 1 N–H and O–H groups in total. The van der Waals surface area contributed by atoms with Gasteiger partial charge in [0.05, 0.1) is 5.69 Å². The highest BCUT2D eigenvalue weighted by Crippen LogP contribution is 2.48. The van der Waals surface area contributed by atoms with Crippen molar-refractivity contribution < 1.29 is 4.74 Å². The molecule has 1 saturated carbocycles. The van der Waals surface area contributed by atoms with E-state index in [-0.39, 0.29) is 0 Å². The van der Waals surface area contributed by atoms with E-state index in [0.717, 1.165) is 19.7 Å². The fourth-order valence-corrected chi connectivity index (χ4v) is 2.04. The Labute approximate surface area is 97.0 Å². The standard InChI is InChI=1S/C12H21N3O/c1-15-11(3-7-14-15)9-13-10-12(4-5-12)6-8-16-2/h3,7,13H,4-6,8-10H2,1-2H3. The lowest BCUT2D eigenvalue weighted by Crippen LogP contribution is -2.25. The molecular formula is C12H21N3O. The van der Waals surface area contributed by atoms with E-state index in [1.807, 2.05) is 17.9 Å². The lowest BCUT2D eigenvalue weighted by molar-refractivity contribution is 0.171. The topological polar surface area (TPSA) is 39.1 Å². The van der Waals surface area contributed by atoms with Crippen LogP contribution in [0.4, 0.5) is 0 Å². The van der Waals surface area contributed by atoms with Crippen LogP contribution in [0.5, 0.6) is 0 Å². The maximum atomic E-state index is 5.15. The van der Waals surface area contributed by atoms with Gasteiger partial charge in [-0.1, -0.05) is 0 Å². The Kier molecular flexibility index (Phi) is 3.61. The minimum atomic E-state index is 0.522. The van der Waals surface area contributed by atoms with Gasteiger partial charge in [0.15, 0.2) is 0 Å². The number of rotatable bonds is 7. The van der Waals surface area contributed by atoms with Crippen LogP contribution in [0.2, 0.25) is 0 Å². The quantitative estimate of drug-likeness (QED) is 0.758. The molecule has 1 aliphatic carbocycles. The predicted molar refractivity (Wildman–Crippen MR) is 63.1 cm³/mol. The first-order valence-corrected chi connectivity index (χ1v) is 5.92. The average molecular weight is 223 g/mol. The van der Waals surface area contributed by atoms with Crippen molar-refractivity contribution >= 4 is 0 Å². The number of aryl methyl sites for hydroxylation is 1. The van der Waals surface area contributed by atoms with Crippen LogP contribution in [0.1, 0.15) is 25.0 Å². The monoisotopic (exact) mass is 223 g/mol. The molecule has 0 saturated heterocycles. The lowest BCUT2D eigenvalue weighted by atomic mass is 10.0. The SMILES string of the molecule is COCCC1(CNCc2ccnn2C)CC1. The van der Waals surface area contributed by atoms with E-state index in [2.05, 4.69) is 16.5 Å². The van der Waals surface area contributed by atoms with Gasteiger partial charge >= 0.3 is 0 Å². The molecule has 0 aliphatic heterocycles. The van der Waals surface area contributed by atoms with Crippen LogP contribution in [0.15, 0.2) is 12.3 Å². The van der Waals surface area contributed by atoms with Crippen LogP contribution in [-0.2, 0) is 18.3 Å². The molecule has 1 aromatic heterocycles. The second-order valence-corrected chi connectivity index (χ2v) is 4.79. The second-order valence-electron chi connectivity index (χ2n) is 4.79. The van der Waals surface area contributed by atoms with E-state index in [0.29, 0.717) is 5.41 Å². The summed E-state index contributed by atoms with van der Waals surface area (Å²) in [5.41, 5.74) is 1.76. The molecule has 1 heterocycles. The van der Waals surface area contributed by atoms with Gasteiger partial charge in [-0.2, -0.15) is 5.10 Å². The largest absolute Gasteiger partial charge is 0.385 e. The number of aromatic nitrogens is 2. The molecule has 0 aromatic carbocycles. The van der Waals surface area contributed by atoms with Crippen molar-refractivity contribution in [2.45, 2.75) is 25.8 Å². The average Bonchev–Trinajstić information content (AvgIpc) is 2.94. The highest BCUT2D eigenvalue weighted by atomic mass is 16.5. The van der Waals surface area contributed by atoms with E-state index in [9.17, 15) is 0 Å². The first-order chi connectivity index (χ1) is 7.76. The van der Waals surface area contributed by atoms with Gasteiger partial charge in [-0.3, -0.25) is 4.68 Å². The van der Waals surface area contributed by atoms with Crippen molar-refractivity contribution in [2.75, 3.05) is 20.3 Å². The summed E-state index contributed by atoms with van der Waals surface area (Å²) in [6.45, 7) is 2.89. The molecule has 4 heteroatoms. The van der Waals surface area contributed by atoms with Crippen molar-refractivity contribution in [3.8, 4) is 0 Å². The summed E-state index contributed by atoms with van der Waals surface area (Å²) in [6.07, 6.45) is 5.71. The number of hydrogen-bond acceptors (Lipinski definition) is 3. The van der Waals surface area contributed by atoms with Gasteiger partial charge in [0, 0.05) is 40.1 Å². The van der Waals surface area contributed by atoms with Gasteiger partial charge in [0.1, 0.15) is 0 Å². The van der Waals surface area contributed by atoms with Gasteiger partial charge in [0.2, 0.25) is 0 Å². The third-order valence-electron chi connectivity index (χ3n) is 3.52. The lowest BCUT2D eigenvalue weighted by Gasteiger charge is -2.15. The Morgan fingerprint density at radius 1 is 1.56 bits per heavy atom. The number of nitrogens with one attached hydrogen (secondary N) is 1. The Balaban J connectivity index is 1.70. The van der Waals surface area contributed by atoms with Crippen molar-refractivity contribution in [3.05, 3.63) is 18.0 Å². The van der Waals surface area contributed by atoms with E-state index < -0.39 is 0 Å². The molecule has 1 fully saturated rings. The molecule has 0 radical (unpaired) electrons. The van der Waals surface area contributed by atoms with Crippen LogP contribution in [-0.4, -0.2) is 30.0 Å². The first-order valence-electron chi connectivity index (χ1n) is 5.92. The Morgan fingerprint density at radius 3 is 2.94 bits per heavy atom. The molecule has 16 heavy (non-hydrogen) atoms. The van der Waals surface area contributed by atoms with Gasteiger partial charge in [-0.05, 0) is 30.7 Å². The minimum Gasteiger partial charge on any atom is -0.385 e. The highest BCUT2D eigenvalue weighted by Gasteiger charge is 2.41. The van der Waals surface area contributed by atoms with Crippen LogP contribution in [0.25, 0.3) is 0 Å². The molecular weight excluding hydrogens is 202 g/mol. The third kappa shape index (κ3) is 2.83. The van der Waals surface area contributed by atoms with Gasteiger partial charge in [-0.15, -0.1) is 0 Å². The molecule has 0 spiro atoms. The Bertz CT molecular complexity index is 331. The first kappa shape index (κ1) is 11.6. The van der Waals surface area contributed by atoms with Gasteiger partial charge < -0.3 is 10.1 Å². The molecule has 0 unspecified atom stereocenters. The van der Waals surface area contributed by atoms with Crippen LogP contribution < -0.4 is 5.32 Å². The fraction of sp³-hybridized carbons (Fsp3) is 0.750. The summed E-state index contributed by atoms with van der Waals surface area (Å²) >= 11 is 0. The normalized spacial score (nSPS) is 17.6. The van der Waals surface area contributed by atoms with Crippen molar-refractivity contribution in [1.82, 2.24) is 15.1 Å². The van der Waals surface area contributed by atoms with Crippen LogP contribution in [0, 0.1) is 5.41 Å². The number of methoxy groups -OCH3 is 1. The van der Waals surface area contributed by atoms with E-state index >= 15 is 0 Å². The Morgan fingerprint density at radius 2 is 2.38 bits per heavy atom. The van der Waals surface area contributed by atoms with Crippen molar-refractivity contribution in [1.29, 1.82) is 0 Å². The molecule has 90 valence electrons. The van der Waals surface area contributed by atoms with E-state index in [1.165, 1.54) is 25.0 Å². The zero-order valence-corrected chi connectivity index (χ0v) is 10.2. The number of hydrogen-bond donors (Lipinski definition) is 1. The van der Waals surface area contributed by atoms with Gasteiger partial charge in [-0.25, -0.2) is 0 Å². The summed E-state index contributed by atoms with van der Waals surface area (Å²) in [4.78, 5) is 0. The smallest absolute Gasteiger partial charge is 0.0518 e. The maximum absolute atomic E-state index is 5.15. The summed E-state index contributed by atoms with van der Waals surface area (Å²) in [5.74, 6) is 0. The van der Waals surface area contributed by atoms with Crippen LogP contribution >= 0.6 is 0 Å². The summed E-state index contributed by atoms with van der Waals surface area (Å²) in [7, 11) is 3.76. The molecule has 0 bridgehead atoms. The zero-order valence-electron chi connectivity index (χ0n) is 10.2. The third-order valence-corrected chi connectivity index (χ3v) is 3.52.